The third kappa shape index (κ3) is 3.64. The molecule has 2 unspecified atom stereocenters. The largest absolute Gasteiger partial charge is 0.399 e. The molecule has 0 spiro atoms. The third-order valence-electron chi connectivity index (χ3n) is 6.53. The lowest BCUT2D eigenvalue weighted by Gasteiger charge is -2.34. The van der Waals surface area contributed by atoms with Gasteiger partial charge in [0.2, 0.25) is 0 Å². The van der Waals surface area contributed by atoms with Crippen LogP contribution in [0.25, 0.3) is 5.65 Å². The molecular weight excluding hydrogens is 402 g/mol. The maximum atomic E-state index is 13.3. The monoisotopic (exact) mass is 429 g/mol. The van der Waals surface area contributed by atoms with Crippen molar-refractivity contribution in [3.63, 3.8) is 0 Å². The number of nitriles is 1. The lowest BCUT2D eigenvalue weighted by atomic mass is 9.98. The fraction of sp³-hybridized carbons (Fsp3) is 0.417. The Bertz CT molecular complexity index is 1210. The molecule has 2 fully saturated rings. The van der Waals surface area contributed by atoms with E-state index >= 15 is 0 Å². The number of benzene rings is 1. The summed E-state index contributed by atoms with van der Waals surface area (Å²) in [6.45, 7) is 4.28. The Kier molecular flexibility index (Phi) is 5.17. The molecule has 0 aliphatic carbocycles. The van der Waals surface area contributed by atoms with E-state index in [0.29, 0.717) is 24.3 Å². The first-order valence-corrected chi connectivity index (χ1v) is 11.2. The normalized spacial score (nSPS) is 21.1. The molecule has 32 heavy (non-hydrogen) atoms. The second-order valence-corrected chi connectivity index (χ2v) is 8.82. The molecule has 2 saturated heterocycles. The van der Waals surface area contributed by atoms with E-state index < -0.39 is 0 Å². The van der Waals surface area contributed by atoms with Crippen molar-refractivity contribution in [3.05, 3.63) is 53.3 Å². The standard InChI is InChI=1S/C24H27N7O/c1-16-14-31-22(27-23(16)29-10-8-17(13-25)15-29)12-20(28-31)21-7-2-3-9-30(21)24(32)18-5-4-6-19(26)11-18/h4-6,11-12,14,17,21H,2-3,7-10,15,26H2,1H3. The Balaban J connectivity index is 1.46. The maximum absolute atomic E-state index is 13.3. The van der Waals surface area contributed by atoms with Crippen LogP contribution in [0.2, 0.25) is 0 Å². The van der Waals surface area contributed by atoms with Crippen LogP contribution in [0.3, 0.4) is 0 Å². The number of amides is 1. The lowest BCUT2D eigenvalue weighted by molar-refractivity contribution is 0.0606. The first-order chi connectivity index (χ1) is 15.5. The highest BCUT2D eigenvalue weighted by Crippen LogP contribution is 2.33. The zero-order valence-electron chi connectivity index (χ0n) is 18.2. The summed E-state index contributed by atoms with van der Waals surface area (Å²) in [4.78, 5) is 22.3. The van der Waals surface area contributed by atoms with Crippen LogP contribution in [0, 0.1) is 24.2 Å². The molecule has 8 nitrogen and oxygen atoms in total. The number of piperidine rings is 1. The van der Waals surface area contributed by atoms with Crippen LogP contribution < -0.4 is 10.6 Å². The van der Waals surface area contributed by atoms with Crippen molar-refractivity contribution >= 4 is 23.1 Å². The first kappa shape index (κ1) is 20.3. The van der Waals surface area contributed by atoms with E-state index in [1.807, 2.05) is 40.7 Å². The number of anilines is 2. The van der Waals surface area contributed by atoms with Gasteiger partial charge in [0.1, 0.15) is 5.82 Å². The van der Waals surface area contributed by atoms with Gasteiger partial charge in [-0.25, -0.2) is 9.50 Å². The Hall–Kier alpha value is -3.60. The predicted octanol–water partition coefficient (Wildman–Crippen LogP) is 3.34. The molecule has 2 aliphatic rings. The molecule has 164 valence electrons. The van der Waals surface area contributed by atoms with Gasteiger partial charge in [0.15, 0.2) is 5.65 Å². The molecule has 0 radical (unpaired) electrons. The van der Waals surface area contributed by atoms with Gasteiger partial charge in [0, 0.05) is 48.7 Å². The van der Waals surface area contributed by atoms with Gasteiger partial charge >= 0.3 is 0 Å². The van der Waals surface area contributed by atoms with Crippen LogP contribution in [-0.4, -0.2) is 45.0 Å². The number of nitrogen functional groups attached to an aromatic ring is 1. The second kappa shape index (κ2) is 8.15. The number of carbonyl (C=O) groups excluding carboxylic acids is 1. The van der Waals surface area contributed by atoms with Gasteiger partial charge in [-0.3, -0.25) is 4.79 Å². The smallest absolute Gasteiger partial charge is 0.254 e. The summed E-state index contributed by atoms with van der Waals surface area (Å²) < 4.78 is 1.81. The molecule has 3 aromatic rings. The van der Waals surface area contributed by atoms with Crippen molar-refractivity contribution in [2.75, 3.05) is 30.3 Å². The minimum absolute atomic E-state index is 0.0107. The van der Waals surface area contributed by atoms with E-state index in [9.17, 15) is 10.1 Å². The zero-order chi connectivity index (χ0) is 22.2. The number of aromatic nitrogens is 3. The Labute approximate surface area is 187 Å². The summed E-state index contributed by atoms with van der Waals surface area (Å²) in [5.41, 5.74) is 9.76. The number of aryl methyl sites for hydroxylation is 1. The van der Waals surface area contributed by atoms with Crippen LogP contribution in [0.15, 0.2) is 36.5 Å². The Morgan fingerprint density at radius 3 is 2.88 bits per heavy atom. The number of nitrogens with two attached hydrogens (primary N) is 1. The molecule has 2 aliphatic heterocycles. The topological polar surface area (TPSA) is 104 Å². The number of carbonyl (C=O) groups is 1. The number of fused-ring (bicyclic) bond motifs is 1. The molecule has 0 saturated carbocycles. The van der Waals surface area contributed by atoms with Crippen LogP contribution in [0.5, 0.6) is 0 Å². The minimum atomic E-state index is -0.0853. The summed E-state index contributed by atoms with van der Waals surface area (Å²) in [6, 6.07) is 11.4. The first-order valence-electron chi connectivity index (χ1n) is 11.2. The third-order valence-corrected chi connectivity index (χ3v) is 6.53. The van der Waals surface area contributed by atoms with Gasteiger partial charge in [-0.2, -0.15) is 10.4 Å². The average Bonchev–Trinajstić information content (AvgIpc) is 3.44. The molecule has 1 amide bonds. The minimum Gasteiger partial charge on any atom is -0.399 e. The highest BCUT2D eigenvalue weighted by Gasteiger charge is 2.31. The van der Waals surface area contributed by atoms with Crippen molar-refractivity contribution < 1.29 is 4.79 Å². The van der Waals surface area contributed by atoms with Crippen molar-refractivity contribution in [1.29, 1.82) is 5.26 Å². The second-order valence-electron chi connectivity index (χ2n) is 8.82. The van der Waals surface area contributed by atoms with Gasteiger partial charge in [-0.15, -0.1) is 0 Å². The average molecular weight is 430 g/mol. The van der Waals surface area contributed by atoms with Gasteiger partial charge < -0.3 is 15.5 Å². The van der Waals surface area contributed by atoms with Gasteiger partial charge in [0.05, 0.1) is 23.7 Å². The molecule has 1 aromatic carbocycles. The number of hydrogen-bond acceptors (Lipinski definition) is 6. The van der Waals surface area contributed by atoms with Gasteiger partial charge in [-0.05, 0) is 50.8 Å². The van der Waals surface area contributed by atoms with E-state index in [0.717, 1.165) is 55.0 Å². The number of likely N-dealkylation sites (tertiary alicyclic amines) is 1. The van der Waals surface area contributed by atoms with Gasteiger partial charge in [-0.1, -0.05) is 6.07 Å². The summed E-state index contributed by atoms with van der Waals surface area (Å²) in [5.74, 6) is 0.961. The van der Waals surface area contributed by atoms with Crippen molar-refractivity contribution in [1.82, 2.24) is 19.5 Å². The van der Waals surface area contributed by atoms with Gasteiger partial charge in [0.25, 0.3) is 5.91 Å². The summed E-state index contributed by atoms with van der Waals surface area (Å²) in [6.07, 6.45) is 5.78. The molecule has 4 heterocycles. The fourth-order valence-electron chi connectivity index (χ4n) is 4.88. The van der Waals surface area contributed by atoms with E-state index in [1.165, 1.54) is 0 Å². The number of hydrogen-bond donors (Lipinski definition) is 1. The van der Waals surface area contributed by atoms with Crippen LogP contribution in [0.4, 0.5) is 11.5 Å². The van der Waals surface area contributed by atoms with Crippen LogP contribution >= 0.6 is 0 Å². The Morgan fingerprint density at radius 1 is 1.22 bits per heavy atom. The highest BCUT2D eigenvalue weighted by molar-refractivity contribution is 5.95. The molecular formula is C24H27N7O. The molecule has 8 heteroatoms. The summed E-state index contributed by atoms with van der Waals surface area (Å²) in [5, 5.41) is 14.0. The lowest BCUT2D eigenvalue weighted by Crippen LogP contribution is -2.38. The SMILES string of the molecule is Cc1cn2nc(C3CCCCN3C(=O)c3cccc(N)c3)cc2nc1N1CCC(C#N)C1. The van der Waals surface area contributed by atoms with E-state index in [-0.39, 0.29) is 17.9 Å². The van der Waals surface area contributed by atoms with Crippen molar-refractivity contribution in [2.24, 2.45) is 5.92 Å². The predicted molar refractivity (Wildman–Crippen MR) is 122 cm³/mol. The fourth-order valence-corrected chi connectivity index (χ4v) is 4.88. The van der Waals surface area contributed by atoms with E-state index in [2.05, 4.69) is 11.0 Å². The number of nitrogens with zero attached hydrogens (tertiary/aromatic N) is 6. The number of rotatable bonds is 3. The molecule has 2 aromatic heterocycles. The Morgan fingerprint density at radius 2 is 2.09 bits per heavy atom. The van der Waals surface area contributed by atoms with E-state index in [1.54, 1.807) is 12.1 Å². The van der Waals surface area contributed by atoms with Crippen LogP contribution in [0.1, 0.15) is 53.3 Å². The molecule has 2 atom stereocenters. The van der Waals surface area contributed by atoms with E-state index in [4.69, 9.17) is 15.8 Å². The highest BCUT2D eigenvalue weighted by atomic mass is 16.2. The quantitative estimate of drug-likeness (QED) is 0.641. The van der Waals surface area contributed by atoms with Crippen LogP contribution in [-0.2, 0) is 0 Å². The van der Waals surface area contributed by atoms with Crippen molar-refractivity contribution in [3.8, 4) is 6.07 Å². The maximum Gasteiger partial charge on any atom is 0.254 e. The molecule has 5 rings (SSSR count). The summed E-state index contributed by atoms with van der Waals surface area (Å²) in [7, 11) is 0. The molecule has 2 N–H and O–H groups in total. The van der Waals surface area contributed by atoms with Crippen molar-refractivity contribution in [2.45, 2.75) is 38.6 Å². The summed E-state index contributed by atoms with van der Waals surface area (Å²) >= 11 is 0. The zero-order valence-corrected chi connectivity index (χ0v) is 18.2. The molecule has 0 bridgehead atoms.